The molecule has 1 fully saturated rings. The first-order valence-corrected chi connectivity index (χ1v) is 12.7. The molecule has 10 heteroatoms. The summed E-state index contributed by atoms with van der Waals surface area (Å²) in [7, 11) is 1.74. The number of imidazole rings is 1. The van der Waals surface area contributed by atoms with Gasteiger partial charge in [0.15, 0.2) is 16.3 Å². The fraction of sp³-hybridized carbons (Fsp3) is 0.500. The molecule has 3 aromatic rings. The Balaban J connectivity index is 1.71. The van der Waals surface area contributed by atoms with E-state index in [-0.39, 0.29) is 11.6 Å². The molecule has 0 radical (unpaired) electrons. The second-order valence-corrected chi connectivity index (χ2v) is 10.3. The molecule has 9 nitrogen and oxygen atoms in total. The molecule has 1 aliphatic rings. The van der Waals surface area contributed by atoms with Crippen LogP contribution in [-0.2, 0) is 18.3 Å². The number of thioether (sulfide) groups is 1. The fourth-order valence-electron chi connectivity index (χ4n) is 4.22. The number of carbonyl (C=O) groups is 1. The first-order chi connectivity index (χ1) is 16.2. The number of piperidine rings is 1. The molecule has 1 atom stereocenters. The summed E-state index contributed by atoms with van der Waals surface area (Å²) in [5.41, 5.74) is 1.33. The minimum absolute atomic E-state index is 0.0776. The minimum atomic E-state index is -0.553. The van der Waals surface area contributed by atoms with Crippen molar-refractivity contribution in [2.45, 2.75) is 57.0 Å². The molecule has 34 heavy (non-hydrogen) atoms. The topological polar surface area (TPSA) is 94.3 Å². The zero-order valence-electron chi connectivity index (χ0n) is 20.4. The van der Waals surface area contributed by atoms with E-state index in [9.17, 15) is 9.59 Å². The van der Waals surface area contributed by atoms with Crippen LogP contribution in [0.25, 0.3) is 11.2 Å². The lowest BCUT2D eigenvalue weighted by Crippen LogP contribution is -2.49. The number of rotatable bonds is 5. The maximum absolute atomic E-state index is 13.3. The lowest BCUT2D eigenvalue weighted by Gasteiger charge is -2.34. The molecular formula is C24H32N6O3S. The quantitative estimate of drug-likeness (QED) is 0.438. The van der Waals surface area contributed by atoms with E-state index < -0.39 is 11.7 Å². The van der Waals surface area contributed by atoms with E-state index in [1.807, 2.05) is 61.9 Å². The number of hydrogen-bond donors (Lipinski definition) is 1. The molecule has 4 rings (SSSR count). The molecule has 2 aromatic heterocycles. The number of anilines is 1. The van der Waals surface area contributed by atoms with Crippen molar-refractivity contribution < 1.29 is 9.53 Å². The van der Waals surface area contributed by atoms with E-state index in [2.05, 4.69) is 15.2 Å². The van der Waals surface area contributed by atoms with Gasteiger partial charge in [0.05, 0.1) is 6.54 Å². The number of amides is 1. The predicted octanol–water partition coefficient (Wildman–Crippen LogP) is 3.39. The molecular weight excluding hydrogens is 452 g/mol. The first-order valence-electron chi connectivity index (χ1n) is 11.5. The van der Waals surface area contributed by atoms with Gasteiger partial charge in [0.1, 0.15) is 5.60 Å². The highest BCUT2D eigenvalue weighted by molar-refractivity contribution is 7.98. The van der Waals surface area contributed by atoms with Gasteiger partial charge in [0.2, 0.25) is 5.95 Å². The molecule has 0 aliphatic carbocycles. The van der Waals surface area contributed by atoms with Crippen molar-refractivity contribution in [3.05, 3.63) is 46.2 Å². The Bertz CT molecular complexity index is 1230. The molecule has 1 saturated heterocycles. The summed E-state index contributed by atoms with van der Waals surface area (Å²) in [5.74, 6) is 0.692. The number of aromatic nitrogens is 4. The van der Waals surface area contributed by atoms with Gasteiger partial charge < -0.3 is 15.0 Å². The van der Waals surface area contributed by atoms with Crippen molar-refractivity contribution in [3.8, 4) is 0 Å². The van der Waals surface area contributed by atoms with E-state index in [1.54, 1.807) is 11.6 Å². The Hall–Kier alpha value is -3.01. The summed E-state index contributed by atoms with van der Waals surface area (Å²) >= 11 is 1.42. The Morgan fingerprint density at radius 1 is 1.24 bits per heavy atom. The van der Waals surface area contributed by atoms with Gasteiger partial charge in [-0.05, 0) is 45.4 Å². The Morgan fingerprint density at radius 2 is 1.97 bits per heavy atom. The fourth-order valence-corrected chi connectivity index (χ4v) is 4.75. The van der Waals surface area contributed by atoms with Crippen LogP contribution < -0.4 is 15.8 Å². The largest absolute Gasteiger partial charge is 0.444 e. The zero-order valence-corrected chi connectivity index (χ0v) is 21.2. The van der Waals surface area contributed by atoms with Gasteiger partial charge in [-0.25, -0.2) is 9.78 Å². The van der Waals surface area contributed by atoms with Gasteiger partial charge in [-0.15, -0.1) is 0 Å². The van der Waals surface area contributed by atoms with Gasteiger partial charge in [-0.3, -0.25) is 13.9 Å². The lowest BCUT2D eigenvalue weighted by molar-refractivity contribution is 0.0500. The van der Waals surface area contributed by atoms with E-state index in [1.165, 1.54) is 11.8 Å². The molecule has 0 bridgehead atoms. The van der Waals surface area contributed by atoms with Crippen LogP contribution in [0.4, 0.5) is 10.7 Å². The summed E-state index contributed by atoms with van der Waals surface area (Å²) in [6.45, 7) is 7.41. The van der Waals surface area contributed by atoms with Crippen molar-refractivity contribution in [2.24, 2.45) is 7.05 Å². The van der Waals surface area contributed by atoms with Crippen LogP contribution in [0.5, 0.6) is 0 Å². The number of nitrogens with zero attached hydrogens (tertiary/aromatic N) is 5. The SMILES string of the molecule is CSc1nc2nc(N3CCCC(NC(=O)OC(C)(C)C)C3)n(Cc3ccccc3)c2c(=O)n1C. The van der Waals surface area contributed by atoms with Crippen LogP contribution in [0.3, 0.4) is 0 Å². The number of hydrogen-bond acceptors (Lipinski definition) is 7. The van der Waals surface area contributed by atoms with Gasteiger partial charge in [-0.1, -0.05) is 42.1 Å². The number of ether oxygens (including phenoxy) is 1. The van der Waals surface area contributed by atoms with Crippen LogP contribution >= 0.6 is 11.8 Å². The number of fused-ring (bicyclic) bond motifs is 1. The summed E-state index contributed by atoms with van der Waals surface area (Å²) in [4.78, 5) is 37.3. The van der Waals surface area contributed by atoms with Crippen LogP contribution in [0.15, 0.2) is 40.3 Å². The van der Waals surface area contributed by atoms with E-state index in [0.29, 0.717) is 35.4 Å². The lowest BCUT2D eigenvalue weighted by atomic mass is 10.1. The summed E-state index contributed by atoms with van der Waals surface area (Å²) in [6, 6.07) is 9.93. The predicted molar refractivity (Wildman–Crippen MR) is 135 cm³/mol. The van der Waals surface area contributed by atoms with Crippen molar-refractivity contribution in [1.29, 1.82) is 0 Å². The van der Waals surface area contributed by atoms with Gasteiger partial charge in [0.25, 0.3) is 5.56 Å². The number of nitrogens with one attached hydrogen (secondary N) is 1. The molecule has 0 spiro atoms. The van der Waals surface area contributed by atoms with Crippen LogP contribution in [0.1, 0.15) is 39.2 Å². The highest BCUT2D eigenvalue weighted by atomic mass is 32.2. The van der Waals surface area contributed by atoms with E-state index in [4.69, 9.17) is 9.72 Å². The number of alkyl carbamates (subject to hydrolysis) is 1. The molecule has 1 unspecified atom stereocenters. The monoisotopic (exact) mass is 484 g/mol. The normalized spacial score (nSPS) is 16.6. The third-order valence-corrected chi connectivity index (χ3v) is 6.45. The van der Waals surface area contributed by atoms with Crippen molar-refractivity contribution in [2.75, 3.05) is 24.2 Å². The van der Waals surface area contributed by atoms with Crippen LogP contribution in [0.2, 0.25) is 0 Å². The van der Waals surface area contributed by atoms with E-state index in [0.717, 1.165) is 24.9 Å². The van der Waals surface area contributed by atoms with Gasteiger partial charge >= 0.3 is 6.09 Å². The molecule has 1 N–H and O–H groups in total. The highest BCUT2D eigenvalue weighted by Crippen LogP contribution is 2.25. The molecule has 1 aliphatic heterocycles. The Morgan fingerprint density at radius 3 is 2.65 bits per heavy atom. The zero-order chi connectivity index (χ0) is 24.5. The molecule has 3 heterocycles. The van der Waals surface area contributed by atoms with Crippen LogP contribution in [-0.4, -0.2) is 56.2 Å². The van der Waals surface area contributed by atoms with Crippen molar-refractivity contribution >= 4 is 35.0 Å². The third kappa shape index (κ3) is 5.22. The first kappa shape index (κ1) is 24.1. The standard InChI is InChI=1S/C24H32N6O3S/c1-24(2,3)33-23(32)25-17-12-9-13-29(15-17)21-26-19-18(20(31)28(4)22(27-19)34-5)30(21)14-16-10-7-6-8-11-16/h6-8,10-11,17H,9,12-15H2,1-5H3,(H,25,32). The summed E-state index contributed by atoms with van der Waals surface area (Å²) in [5, 5.41) is 3.61. The molecule has 182 valence electrons. The van der Waals surface area contributed by atoms with E-state index >= 15 is 0 Å². The number of carbonyl (C=O) groups excluding carboxylic acids is 1. The second kappa shape index (κ2) is 9.69. The average Bonchev–Trinajstić information content (AvgIpc) is 3.14. The van der Waals surface area contributed by atoms with Crippen LogP contribution in [0, 0.1) is 0 Å². The highest BCUT2D eigenvalue weighted by Gasteiger charge is 2.28. The average molecular weight is 485 g/mol. The Kier molecular flexibility index (Phi) is 6.88. The Labute approximate surface area is 203 Å². The smallest absolute Gasteiger partial charge is 0.407 e. The second-order valence-electron chi connectivity index (χ2n) is 9.55. The van der Waals surface area contributed by atoms with Crippen molar-refractivity contribution in [1.82, 2.24) is 24.4 Å². The third-order valence-electron chi connectivity index (χ3n) is 5.72. The number of benzene rings is 1. The summed E-state index contributed by atoms with van der Waals surface area (Å²) in [6.07, 6.45) is 3.21. The van der Waals surface area contributed by atoms with Gasteiger partial charge in [-0.2, -0.15) is 4.98 Å². The molecule has 0 saturated carbocycles. The maximum Gasteiger partial charge on any atom is 0.407 e. The minimum Gasteiger partial charge on any atom is -0.444 e. The maximum atomic E-state index is 13.3. The van der Waals surface area contributed by atoms with Gasteiger partial charge in [0, 0.05) is 26.2 Å². The summed E-state index contributed by atoms with van der Waals surface area (Å²) < 4.78 is 8.97. The molecule has 1 aromatic carbocycles. The van der Waals surface area contributed by atoms with Crippen molar-refractivity contribution in [3.63, 3.8) is 0 Å². The molecule has 1 amide bonds.